The standard InChI is InChI=1S/C21H24ClNO2/c1-3-18(24)20(19(25)4-2)21(16-8-6-5-7-9-16)23-14-15-10-12-17(22)13-11-15/h5-13,20-21,23H,3-4,14H2,1-2H3. The first-order valence-electron chi connectivity index (χ1n) is 8.65. The molecule has 3 nitrogen and oxygen atoms in total. The van der Waals surface area contributed by atoms with Crippen molar-refractivity contribution in [2.24, 2.45) is 5.92 Å². The van der Waals surface area contributed by atoms with Crippen molar-refractivity contribution in [3.05, 3.63) is 70.7 Å². The fourth-order valence-corrected chi connectivity index (χ4v) is 3.04. The van der Waals surface area contributed by atoms with E-state index in [1.54, 1.807) is 13.8 Å². The quantitative estimate of drug-likeness (QED) is 0.659. The molecule has 0 fully saturated rings. The Hall–Kier alpha value is -1.97. The molecule has 0 aliphatic rings. The first-order valence-corrected chi connectivity index (χ1v) is 9.02. The minimum atomic E-state index is -0.662. The zero-order valence-electron chi connectivity index (χ0n) is 14.7. The van der Waals surface area contributed by atoms with E-state index in [0.717, 1.165) is 11.1 Å². The second-order valence-electron chi connectivity index (χ2n) is 6.01. The number of rotatable bonds is 9. The molecule has 0 aliphatic heterocycles. The summed E-state index contributed by atoms with van der Waals surface area (Å²) in [5.41, 5.74) is 2.00. The molecular weight excluding hydrogens is 334 g/mol. The molecular formula is C21H24ClNO2. The monoisotopic (exact) mass is 357 g/mol. The molecule has 1 N–H and O–H groups in total. The number of halogens is 1. The molecule has 0 saturated heterocycles. The summed E-state index contributed by atoms with van der Waals surface area (Å²) in [6.07, 6.45) is 0.699. The summed E-state index contributed by atoms with van der Waals surface area (Å²) < 4.78 is 0. The van der Waals surface area contributed by atoms with Crippen LogP contribution in [0.15, 0.2) is 54.6 Å². The Morgan fingerprint density at radius 2 is 1.48 bits per heavy atom. The van der Waals surface area contributed by atoms with Crippen LogP contribution in [0.3, 0.4) is 0 Å². The van der Waals surface area contributed by atoms with Gasteiger partial charge in [-0.05, 0) is 23.3 Å². The SMILES string of the molecule is CCC(=O)C(C(=O)CC)C(NCc1ccc(Cl)cc1)c1ccccc1. The highest BCUT2D eigenvalue weighted by Crippen LogP contribution is 2.26. The van der Waals surface area contributed by atoms with Gasteiger partial charge in [0.25, 0.3) is 0 Å². The predicted molar refractivity (Wildman–Crippen MR) is 102 cm³/mol. The summed E-state index contributed by atoms with van der Waals surface area (Å²) in [5.74, 6) is -0.710. The molecule has 0 bridgehead atoms. The minimum Gasteiger partial charge on any atom is -0.305 e. The van der Waals surface area contributed by atoms with Gasteiger partial charge >= 0.3 is 0 Å². The lowest BCUT2D eigenvalue weighted by Crippen LogP contribution is -2.37. The average Bonchev–Trinajstić information content (AvgIpc) is 2.66. The highest BCUT2D eigenvalue weighted by atomic mass is 35.5. The fraction of sp³-hybridized carbons (Fsp3) is 0.333. The Labute approximate surface area is 154 Å². The third-order valence-corrected chi connectivity index (χ3v) is 4.57. The topological polar surface area (TPSA) is 46.2 Å². The van der Waals surface area contributed by atoms with Gasteiger partial charge in [-0.2, -0.15) is 0 Å². The summed E-state index contributed by atoms with van der Waals surface area (Å²) >= 11 is 5.93. The van der Waals surface area contributed by atoms with Gasteiger partial charge in [0.2, 0.25) is 0 Å². The molecule has 1 atom stereocenters. The van der Waals surface area contributed by atoms with Gasteiger partial charge in [0.05, 0.1) is 5.92 Å². The second kappa shape index (κ2) is 9.50. The van der Waals surface area contributed by atoms with Crippen LogP contribution >= 0.6 is 11.6 Å². The van der Waals surface area contributed by atoms with Crippen LogP contribution in [-0.4, -0.2) is 11.6 Å². The molecule has 0 radical (unpaired) electrons. The highest BCUT2D eigenvalue weighted by molar-refractivity contribution is 6.30. The van der Waals surface area contributed by atoms with Gasteiger partial charge in [-0.25, -0.2) is 0 Å². The summed E-state index contributed by atoms with van der Waals surface area (Å²) in [5, 5.41) is 4.10. The number of benzene rings is 2. The number of carbonyl (C=O) groups is 2. The van der Waals surface area contributed by atoms with Crippen molar-refractivity contribution < 1.29 is 9.59 Å². The van der Waals surface area contributed by atoms with Crippen LogP contribution in [0.1, 0.15) is 43.9 Å². The Morgan fingerprint density at radius 3 is 2.00 bits per heavy atom. The lowest BCUT2D eigenvalue weighted by molar-refractivity contribution is -0.133. The second-order valence-corrected chi connectivity index (χ2v) is 6.45. The van der Waals surface area contributed by atoms with Gasteiger partial charge in [-0.1, -0.05) is 67.9 Å². The molecule has 0 spiro atoms. The number of Topliss-reactive ketones (excluding diaryl/α,β-unsaturated/α-hetero) is 2. The summed E-state index contributed by atoms with van der Waals surface area (Å²) in [4.78, 5) is 25.0. The van der Waals surface area contributed by atoms with E-state index in [-0.39, 0.29) is 17.6 Å². The number of ketones is 2. The van der Waals surface area contributed by atoms with Crippen LogP contribution in [0.25, 0.3) is 0 Å². The van der Waals surface area contributed by atoms with Crippen molar-refractivity contribution in [3.63, 3.8) is 0 Å². The maximum absolute atomic E-state index is 12.5. The van der Waals surface area contributed by atoms with Gasteiger partial charge in [-0.15, -0.1) is 0 Å². The van der Waals surface area contributed by atoms with E-state index in [9.17, 15) is 9.59 Å². The van der Waals surface area contributed by atoms with Crippen molar-refractivity contribution in [3.8, 4) is 0 Å². The fourth-order valence-electron chi connectivity index (χ4n) is 2.91. The van der Waals surface area contributed by atoms with Crippen LogP contribution in [0.4, 0.5) is 0 Å². The predicted octanol–water partition coefficient (Wildman–Crippen LogP) is 4.75. The maximum Gasteiger partial charge on any atom is 0.144 e. The van der Waals surface area contributed by atoms with E-state index in [4.69, 9.17) is 11.6 Å². The van der Waals surface area contributed by atoms with Crippen molar-refractivity contribution in [1.29, 1.82) is 0 Å². The molecule has 4 heteroatoms. The first kappa shape index (κ1) is 19.4. The van der Waals surface area contributed by atoms with Crippen LogP contribution in [0.2, 0.25) is 5.02 Å². The molecule has 2 aromatic rings. The lowest BCUT2D eigenvalue weighted by atomic mass is 9.84. The third-order valence-electron chi connectivity index (χ3n) is 4.32. The normalized spacial score (nSPS) is 12.2. The third kappa shape index (κ3) is 5.25. The molecule has 132 valence electrons. The lowest BCUT2D eigenvalue weighted by Gasteiger charge is -2.26. The van der Waals surface area contributed by atoms with Crippen molar-refractivity contribution in [1.82, 2.24) is 5.32 Å². The molecule has 1 unspecified atom stereocenters. The van der Waals surface area contributed by atoms with Crippen LogP contribution < -0.4 is 5.32 Å². The van der Waals surface area contributed by atoms with E-state index < -0.39 is 5.92 Å². The molecule has 2 aromatic carbocycles. The Bertz CT molecular complexity index is 682. The molecule has 0 heterocycles. The number of nitrogens with one attached hydrogen (secondary N) is 1. The summed E-state index contributed by atoms with van der Waals surface area (Å²) in [6, 6.07) is 16.9. The van der Waals surface area contributed by atoms with Crippen molar-refractivity contribution in [2.45, 2.75) is 39.3 Å². The molecule has 0 saturated carbocycles. The average molecular weight is 358 g/mol. The zero-order valence-corrected chi connectivity index (χ0v) is 15.4. The van der Waals surface area contributed by atoms with E-state index in [0.29, 0.717) is 24.4 Å². The van der Waals surface area contributed by atoms with Gasteiger partial charge in [0, 0.05) is 30.5 Å². The van der Waals surface area contributed by atoms with Gasteiger partial charge in [0.15, 0.2) is 0 Å². The smallest absolute Gasteiger partial charge is 0.144 e. The van der Waals surface area contributed by atoms with Crippen molar-refractivity contribution >= 4 is 23.2 Å². The van der Waals surface area contributed by atoms with E-state index >= 15 is 0 Å². The number of carbonyl (C=O) groups excluding carboxylic acids is 2. The molecule has 25 heavy (non-hydrogen) atoms. The van der Waals surface area contributed by atoms with E-state index in [2.05, 4.69) is 5.32 Å². The largest absolute Gasteiger partial charge is 0.305 e. The Balaban J connectivity index is 2.29. The van der Waals surface area contributed by atoms with E-state index in [1.165, 1.54) is 0 Å². The highest BCUT2D eigenvalue weighted by Gasteiger charge is 2.33. The van der Waals surface area contributed by atoms with E-state index in [1.807, 2.05) is 54.6 Å². The van der Waals surface area contributed by atoms with Gasteiger partial charge < -0.3 is 5.32 Å². The van der Waals surface area contributed by atoms with Crippen LogP contribution in [0.5, 0.6) is 0 Å². The van der Waals surface area contributed by atoms with Gasteiger partial charge in [-0.3, -0.25) is 9.59 Å². The van der Waals surface area contributed by atoms with Gasteiger partial charge in [0.1, 0.15) is 11.6 Å². The molecule has 0 aliphatic carbocycles. The Kier molecular flexibility index (Phi) is 7.35. The summed E-state index contributed by atoms with van der Waals surface area (Å²) in [7, 11) is 0. The number of hydrogen-bond donors (Lipinski definition) is 1. The molecule has 0 aromatic heterocycles. The van der Waals surface area contributed by atoms with Crippen LogP contribution in [-0.2, 0) is 16.1 Å². The Morgan fingerprint density at radius 1 is 0.920 bits per heavy atom. The van der Waals surface area contributed by atoms with Crippen LogP contribution in [0, 0.1) is 5.92 Å². The maximum atomic E-state index is 12.5. The summed E-state index contributed by atoms with van der Waals surface area (Å²) in [6.45, 7) is 4.17. The number of hydrogen-bond acceptors (Lipinski definition) is 3. The molecule has 0 amide bonds. The molecule has 2 rings (SSSR count). The zero-order chi connectivity index (χ0) is 18.2. The van der Waals surface area contributed by atoms with Crippen molar-refractivity contribution in [2.75, 3.05) is 0 Å². The minimum absolute atomic E-state index is 0.0238. The first-order chi connectivity index (χ1) is 12.1.